The highest BCUT2D eigenvalue weighted by atomic mass is 16.4. The molecule has 1 heterocycles. The van der Waals surface area contributed by atoms with E-state index in [1.54, 1.807) is 28.9 Å². The Kier molecular flexibility index (Phi) is 6.17. The van der Waals surface area contributed by atoms with Crippen LogP contribution >= 0.6 is 0 Å². The minimum Gasteiger partial charge on any atom is -0.481 e. The van der Waals surface area contributed by atoms with Crippen LogP contribution in [-0.4, -0.2) is 51.8 Å². The SMILES string of the molecule is CC(C)n1nccc1NC(=O)CN(C)CCCC(=O)O. The summed E-state index contributed by atoms with van der Waals surface area (Å²) in [5.74, 6) is -0.280. The maximum atomic E-state index is 11.9. The lowest BCUT2D eigenvalue weighted by molar-refractivity contribution is -0.137. The number of nitrogens with zero attached hydrogens (tertiary/aromatic N) is 3. The largest absolute Gasteiger partial charge is 0.481 e. The van der Waals surface area contributed by atoms with Crippen molar-refractivity contribution >= 4 is 17.7 Å². The van der Waals surface area contributed by atoms with Crippen LogP contribution in [0.5, 0.6) is 0 Å². The topological polar surface area (TPSA) is 87.5 Å². The van der Waals surface area contributed by atoms with E-state index in [-0.39, 0.29) is 24.9 Å². The molecule has 112 valence electrons. The van der Waals surface area contributed by atoms with Gasteiger partial charge in [0.15, 0.2) is 0 Å². The van der Waals surface area contributed by atoms with Crippen molar-refractivity contribution in [3.05, 3.63) is 12.3 Å². The Labute approximate surface area is 118 Å². The molecule has 0 unspecified atom stereocenters. The van der Waals surface area contributed by atoms with Gasteiger partial charge in [-0.3, -0.25) is 14.5 Å². The predicted molar refractivity (Wildman–Crippen MR) is 75.6 cm³/mol. The summed E-state index contributed by atoms with van der Waals surface area (Å²) in [4.78, 5) is 24.1. The van der Waals surface area contributed by atoms with Gasteiger partial charge in [-0.2, -0.15) is 5.10 Å². The number of hydrogen-bond acceptors (Lipinski definition) is 4. The number of anilines is 1. The lowest BCUT2D eigenvalue weighted by Crippen LogP contribution is -2.31. The molecule has 0 atom stereocenters. The third-order valence-corrected chi connectivity index (χ3v) is 2.77. The van der Waals surface area contributed by atoms with E-state index in [1.165, 1.54) is 0 Å². The van der Waals surface area contributed by atoms with Gasteiger partial charge in [0.25, 0.3) is 0 Å². The molecule has 20 heavy (non-hydrogen) atoms. The van der Waals surface area contributed by atoms with Gasteiger partial charge in [-0.25, -0.2) is 4.68 Å². The fraction of sp³-hybridized carbons (Fsp3) is 0.615. The molecule has 0 saturated heterocycles. The minimum absolute atomic E-state index is 0.117. The monoisotopic (exact) mass is 282 g/mol. The molecule has 0 radical (unpaired) electrons. The van der Waals surface area contributed by atoms with Crippen molar-refractivity contribution in [1.29, 1.82) is 0 Å². The van der Waals surface area contributed by atoms with Crippen LogP contribution in [0.2, 0.25) is 0 Å². The number of nitrogens with one attached hydrogen (secondary N) is 1. The Bertz CT molecular complexity index is 456. The van der Waals surface area contributed by atoms with Crippen LogP contribution in [-0.2, 0) is 9.59 Å². The lowest BCUT2D eigenvalue weighted by Gasteiger charge is -2.16. The average Bonchev–Trinajstić information content (AvgIpc) is 2.76. The van der Waals surface area contributed by atoms with Crippen LogP contribution in [0.4, 0.5) is 5.82 Å². The van der Waals surface area contributed by atoms with Gasteiger partial charge < -0.3 is 10.4 Å². The number of hydrogen-bond donors (Lipinski definition) is 2. The maximum Gasteiger partial charge on any atom is 0.303 e. The molecule has 0 saturated carbocycles. The van der Waals surface area contributed by atoms with Gasteiger partial charge in [-0.05, 0) is 33.9 Å². The molecule has 1 amide bonds. The number of carbonyl (C=O) groups is 2. The first-order chi connectivity index (χ1) is 9.40. The van der Waals surface area contributed by atoms with Gasteiger partial charge in [0.1, 0.15) is 5.82 Å². The van der Waals surface area contributed by atoms with Gasteiger partial charge in [0.05, 0.1) is 12.7 Å². The fourth-order valence-corrected chi connectivity index (χ4v) is 1.83. The molecule has 7 nitrogen and oxygen atoms in total. The van der Waals surface area contributed by atoms with Crippen molar-refractivity contribution < 1.29 is 14.7 Å². The zero-order chi connectivity index (χ0) is 15.1. The van der Waals surface area contributed by atoms with E-state index in [4.69, 9.17) is 5.11 Å². The molecular weight excluding hydrogens is 260 g/mol. The molecule has 0 bridgehead atoms. The van der Waals surface area contributed by atoms with Gasteiger partial charge >= 0.3 is 5.97 Å². The molecule has 2 N–H and O–H groups in total. The van der Waals surface area contributed by atoms with Crippen LogP contribution in [0.25, 0.3) is 0 Å². The molecule has 0 aliphatic rings. The molecule has 1 aromatic heterocycles. The molecule has 0 fully saturated rings. The van der Waals surface area contributed by atoms with Crippen molar-refractivity contribution in [2.45, 2.75) is 32.7 Å². The summed E-state index contributed by atoms with van der Waals surface area (Å²) in [5, 5.41) is 15.5. The Morgan fingerprint density at radius 3 is 2.80 bits per heavy atom. The van der Waals surface area contributed by atoms with Gasteiger partial charge in [-0.15, -0.1) is 0 Å². The Balaban J connectivity index is 2.39. The molecule has 0 spiro atoms. The van der Waals surface area contributed by atoms with Crippen molar-refractivity contribution in [3.8, 4) is 0 Å². The van der Waals surface area contributed by atoms with Crippen molar-refractivity contribution in [1.82, 2.24) is 14.7 Å². The first-order valence-electron chi connectivity index (χ1n) is 6.64. The van der Waals surface area contributed by atoms with E-state index in [0.29, 0.717) is 18.8 Å². The first-order valence-corrected chi connectivity index (χ1v) is 6.64. The molecule has 1 aromatic rings. The molecule has 0 aliphatic carbocycles. The summed E-state index contributed by atoms with van der Waals surface area (Å²) < 4.78 is 1.74. The molecular formula is C13H22N4O3. The summed E-state index contributed by atoms with van der Waals surface area (Å²) in [6, 6.07) is 1.93. The van der Waals surface area contributed by atoms with Crippen LogP contribution < -0.4 is 5.32 Å². The number of aliphatic carboxylic acids is 1. The highest BCUT2D eigenvalue weighted by Gasteiger charge is 2.11. The summed E-state index contributed by atoms with van der Waals surface area (Å²) in [5.41, 5.74) is 0. The van der Waals surface area contributed by atoms with Crippen molar-refractivity contribution in [2.75, 3.05) is 25.5 Å². The van der Waals surface area contributed by atoms with Gasteiger partial charge in [0.2, 0.25) is 5.91 Å². The summed E-state index contributed by atoms with van der Waals surface area (Å²) in [6.07, 6.45) is 2.29. The number of carboxylic acids is 1. The third kappa shape index (κ3) is 5.40. The van der Waals surface area contributed by atoms with E-state index in [9.17, 15) is 9.59 Å². The Morgan fingerprint density at radius 1 is 1.50 bits per heavy atom. The Hall–Kier alpha value is -1.89. The van der Waals surface area contributed by atoms with Gasteiger partial charge in [-0.1, -0.05) is 0 Å². The maximum absolute atomic E-state index is 11.9. The van der Waals surface area contributed by atoms with E-state index < -0.39 is 5.97 Å². The highest BCUT2D eigenvalue weighted by molar-refractivity contribution is 5.91. The van der Waals surface area contributed by atoms with E-state index in [2.05, 4.69) is 10.4 Å². The predicted octanol–water partition coefficient (Wildman–Crippen LogP) is 1.20. The lowest BCUT2D eigenvalue weighted by atomic mass is 10.3. The number of likely N-dealkylation sites (N-methyl/N-ethyl adjacent to an activating group) is 1. The number of carbonyl (C=O) groups excluding carboxylic acids is 1. The van der Waals surface area contributed by atoms with Crippen LogP contribution in [0.3, 0.4) is 0 Å². The molecule has 7 heteroatoms. The molecule has 0 aromatic carbocycles. The van der Waals surface area contributed by atoms with E-state index in [1.807, 2.05) is 13.8 Å². The van der Waals surface area contributed by atoms with Gasteiger partial charge in [0, 0.05) is 18.5 Å². The highest BCUT2D eigenvalue weighted by Crippen LogP contribution is 2.12. The van der Waals surface area contributed by atoms with Crippen LogP contribution in [0.15, 0.2) is 12.3 Å². The number of amides is 1. The second-order valence-corrected chi connectivity index (χ2v) is 5.04. The molecule has 0 aliphatic heterocycles. The van der Waals surface area contributed by atoms with E-state index in [0.717, 1.165) is 0 Å². The van der Waals surface area contributed by atoms with Crippen LogP contribution in [0, 0.1) is 0 Å². The number of carboxylic acid groups (broad SMARTS) is 1. The van der Waals surface area contributed by atoms with Crippen LogP contribution in [0.1, 0.15) is 32.7 Å². The second kappa shape index (κ2) is 7.64. The molecule has 1 rings (SSSR count). The average molecular weight is 282 g/mol. The van der Waals surface area contributed by atoms with Crippen molar-refractivity contribution in [3.63, 3.8) is 0 Å². The fourth-order valence-electron chi connectivity index (χ4n) is 1.83. The zero-order valence-electron chi connectivity index (χ0n) is 12.2. The number of rotatable bonds is 8. The summed E-state index contributed by atoms with van der Waals surface area (Å²) >= 11 is 0. The smallest absolute Gasteiger partial charge is 0.303 e. The normalized spacial score (nSPS) is 11.1. The quantitative estimate of drug-likeness (QED) is 0.748. The first kappa shape index (κ1) is 16.2. The van der Waals surface area contributed by atoms with E-state index >= 15 is 0 Å². The van der Waals surface area contributed by atoms with Crippen molar-refractivity contribution in [2.24, 2.45) is 0 Å². The number of aromatic nitrogens is 2. The Morgan fingerprint density at radius 2 is 2.20 bits per heavy atom. The summed E-state index contributed by atoms with van der Waals surface area (Å²) in [6.45, 7) is 4.77. The zero-order valence-corrected chi connectivity index (χ0v) is 12.2. The minimum atomic E-state index is -0.816. The standard InChI is InChI=1S/C13H22N4O3/c1-10(2)17-11(6-7-14-17)15-12(18)9-16(3)8-4-5-13(19)20/h6-7,10H,4-5,8-9H2,1-3H3,(H,15,18)(H,19,20). The second-order valence-electron chi connectivity index (χ2n) is 5.04. The summed E-state index contributed by atoms with van der Waals surface area (Å²) in [7, 11) is 1.79. The third-order valence-electron chi connectivity index (χ3n) is 2.77.